The second kappa shape index (κ2) is 5.47. The lowest BCUT2D eigenvalue weighted by molar-refractivity contribution is 0.484. The van der Waals surface area contributed by atoms with E-state index < -0.39 is 0 Å². The molecule has 0 aliphatic rings. The van der Waals surface area contributed by atoms with E-state index in [1.165, 1.54) is 6.07 Å². The summed E-state index contributed by atoms with van der Waals surface area (Å²) in [5, 5.41) is 3.24. The molecule has 0 aliphatic carbocycles. The van der Waals surface area contributed by atoms with E-state index in [1.807, 2.05) is 18.2 Å². The number of nitrogens with one attached hydrogen (secondary N) is 1. The first-order valence-corrected chi connectivity index (χ1v) is 5.32. The van der Waals surface area contributed by atoms with Gasteiger partial charge < -0.3 is 9.73 Å². The van der Waals surface area contributed by atoms with Gasteiger partial charge in [-0.25, -0.2) is 4.39 Å². The number of halogens is 1. The summed E-state index contributed by atoms with van der Waals surface area (Å²) in [5.74, 6) is 0.739. The van der Waals surface area contributed by atoms with Crippen molar-refractivity contribution in [3.63, 3.8) is 0 Å². The Morgan fingerprint density at radius 3 is 2.88 bits per heavy atom. The van der Waals surface area contributed by atoms with Crippen LogP contribution in [0.4, 0.5) is 4.39 Å². The number of hydrogen-bond acceptors (Lipinski definition) is 2. The fraction of sp³-hybridized carbons (Fsp3) is 0.231. The normalized spacial score (nSPS) is 10.6. The molecule has 84 valence electrons. The molecule has 2 aromatic rings. The van der Waals surface area contributed by atoms with Crippen LogP contribution in [0.5, 0.6) is 0 Å². The van der Waals surface area contributed by atoms with Crippen LogP contribution < -0.4 is 5.32 Å². The van der Waals surface area contributed by atoms with Gasteiger partial charge in [0.25, 0.3) is 0 Å². The average molecular weight is 219 g/mol. The molecule has 0 saturated heterocycles. The van der Waals surface area contributed by atoms with Gasteiger partial charge in [-0.2, -0.15) is 0 Å². The molecule has 2 nitrogen and oxygen atoms in total. The van der Waals surface area contributed by atoms with E-state index in [-0.39, 0.29) is 5.82 Å². The summed E-state index contributed by atoms with van der Waals surface area (Å²) in [6.07, 6.45) is 2.47. The quantitative estimate of drug-likeness (QED) is 0.782. The predicted molar refractivity (Wildman–Crippen MR) is 60.5 cm³/mol. The van der Waals surface area contributed by atoms with E-state index in [0.717, 1.165) is 24.3 Å². The number of benzene rings is 1. The summed E-state index contributed by atoms with van der Waals surface area (Å²) in [7, 11) is 0. The van der Waals surface area contributed by atoms with E-state index in [1.54, 1.807) is 18.4 Å². The molecular formula is C13H14FNO. The molecule has 0 amide bonds. The van der Waals surface area contributed by atoms with E-state index in [2.05, 4.69) is 5.32 Å². The highest BCUT2D eigenvalue weighted by Crippen LogP contribution is 2.04. The third kappa shape index (κ3) is 3.21. The highest BCUT2D eigenvalue weighted by atomic mass is 19.1. The lowest BCUT2D eigenvalue weighted by Gasteiger charge is -2.03. The second-order valence-corrected chi connectivity index (χ2v) is 3.64. The maximum atomic E-state index is 12.9. The first kappa shape index (κ1) is 10.9. The average Bonchev–Trinajstić information content (AvgIpc) is 2.77. The Morgan fingerprint density at radius 2 is 2.12 bits per heavy atom. The van der Waals surface area contributed by atoms with Crippen molar-refractivity contribution >= 4 is 0 Å². The zero-order chi connectivity index (χ0) is 11.2. The Bertz CT molecular complexity index is 425. The summed E-state index contributed by atoms with van der Waals surface area (Å²) in [4.78, 5) is 0. The standard InChI is InChI=1S/C13H14FNO/c14-12-4-1-3-11(9-12)6-7-15-10-13-5-2-8-16-13/h1-5,8-9,15H,6-7,10H2. The summed E-state index contributed by atoms with van der Waals surface area (Å²) in [6.45, 7) is 1.52. The molecule has 0 bridgehead atoms. The predicted octanol–water partition coefficient (Wildman–Crippen LogP) is 2.75. The van der Waals surface area contributed by atoms with E-state index in [9.17, 15) is 4.39 Å². The smallest absolute Gasteiger partial charge is 0.123 e. The van der Waals surface area contributed by atoms with Crippen molar-refractivity contribution in [1.82, 2.24) is 5.32 Å². The van der Waals surface area contributed by atoms with Gasteiger partial charge >= 0.3 is 0 Å². The van der Waals surface area contributed by atoms with Crippen LogP contribution in [0.2, 0.25) is 0 Å². The minimum absolute atomic E-state index is 0.177. The second-order valence-electron chi connectivity index (χ2n) is 3.64. The Balaban J connectivity index is 1.72. The Kier molecular flexibility index (Phi) is 3.72. The van der Waals surface area contributed by atoms with Gasteiger partial charge in [0.1, 0.15) is 11.6 Å². The molecule has 0 fully saturated rings. The van der Waals surface area contributed by atoms with Crippen molar-refractivity contribution in [1.29, 1.82) is 0 Å². The van der Waals surface area contributed by atoms with Gasteiger partial charge in [-0.15, -0.1) is 0 Å². The first-order chi connectivity index (χ1) is 7.84. The number of hydrogen-bond donors (Lipinski definition) is 1. The third-order valence-electron chi connectivity index (χ3n) is 2.36. The fourth-order valence-electron chi connectivity index (χ4n) is 1.55. The molecule has 16 heavy (non-hydrogen) atoms. The fourth-order valence-corrected chi connectivity index (χ4v) is 1.55. The third-order valence-corrected chi connectivity index (χ3v) is 2.36. The maximum Gasteiger partial charge on any atom is 0.123 e. The summed E-state index contributed by atoms with van der Waals surface area (Å²) in [5.41, 5.74) is 1.01. The van der Waals surface area contributed by atoms with Gasteiger partial charge in [-0.1, -0.05) is 12.1 Å². The molecule has 1 N–H and O–H groups in total. The highest BCUT2D eigenvalue weighted by Gasteiger charge is 1.97. The van der Waals surface area contributed by atoms with E-state index in [0.29, 0.717) is 6.54 Å². The number of rotatable bonds is 5. The van der Waals surface area contributed by atoms with Crippen LogP contribution in [0, 0.1) is 5.82 Å². The van der Waals surface area contributed by atoms with Crippen LogP contribution in [-0.4, -0.2) is 6.54 Å². The summed E-state index contributed by atoms with van der Waals surface area (Å²) in [6, 6.07) is 10.5. The van der Waals surface area contributed by atoms with Gasteiger partial charge in [0.15, 0.2) is 0 Å². The van der Waals surface area contributed by atoms with Gasteiger partial charge in [0.2, 0.25) is 0 Å². The van der Waals surface area contributed by atoms with Crippen LogP contribution in [0.1, 0.15) is 11.3 Å². The molecule has 0 atom stereocenters. The van der Waals surface area contributed by atoms with Crippen LogP contribution in [-0.2, 0) is 13.0 Å². The Labute approximate surface area is 94.1 Å². The van der Waals surface area contributed by atoms with E-state index >= 15 is 0 Å². The largest absolute Gasteiger partial charge is 0.468 e. The van der Waals surface area contributed by atoms with Gasteiger partial charge in [0, 0.05) is 0 Å². The molecule has 0 saturated carbocycles. The molecule has 0 aliphatic heterocycles. The molecule has 0 spiro atoms. The van der Waals surface area contributed by atoms with Crippen molar-refractivity contribution < 1.29 is 8.81 Å². The molecule has 0 unspecified atom stereocenters. The monoisotopic (exact) mass is 219 g/mol. The molecular weight excluding hydrogens is 205 g/mol. The zero-order valence-corrected chi connectivity index (χ0v) is 8.95. The van der Waals surface area contributed by atoms with Crippen LogP contribution >= 0.6 is 0 Å². The summed E-state index contributed by atoms with van der Waals surface area (Å²) < 4.78 is 18.0. The summed E-state index contributed by atoms with van der Waals surface area (Å²) >= 11 is 0. The zero-order valence-electron chi connectivity index (χ0n) is 8.95. The lowest BCUT2D eigenvalue weighted by atomic mass is 10.1. The van der Waals surface area contributed by atoms with Crippen molar-refractivity contribution in [3.05, 3.63) is 59.8 Å². The van der Waals surface area contributed by atoms with Gasteiger partial charge in [0.05, 0.1) is 12.8 Å². The molecule has 3 heteroatoms. The Hall–Kier alpha value is -1.61. The van der Waals surface area contributed by atoms with Gasteiger partial charge in [-0.05, 0) is 42.8 Å². The first-order valence-electron chi connectivity index (χ1n) is 5.32. The van der Waals surface area contributed by atoms with Crippen LogP contribution in [0.25, 0.3) is 0 Å². The topological polar surface area (TPSA) is 25.2 Å². The van der Waals surface area contributed by atoms with Crippen molar-refractivity contribution in [2.24, 2.45) is 0 Å². The highest BCUT2D eigenvalue weighted by molar-refractivity contribution is 5.16. The molecule has 2 rings (SSSR count). The van der Waals surface area contributed by atoms with Crippen LogP contribution in [0.15, 0.2) is 47.1 Å². The molecule has 0 radical (unpaired) electrons. The maximum absolute atomic E-state index is 12.9. The SMILES string of the molecule is Fc1cccc(CCNCc2ccco2)c1. The number of furan rings is 1. The van der Waals surface area contributed by atoms with Crippen molar-refractivity contribution in [2.75, 3.05) is 6.54 Å². The minimum Gasteiger partial charge on any atom is -0.468 e. The van der Waals surface area contributed by atoms with Crippen molar-refractivity contribution in [3.8, 4) is 0 Å². The Morgan fingerprint density at radius 1 is 1.19 bits per heavy atom. The van der Waals surface area contributed by atoms with Crippen LogP contribution in [0.3, 0.4) is 0 Å². The lowest BCUT2D eigenvalue weighted by Crippen LogP contribution is -2.16. The van der Waals surface area contributed by atoms with Crippen molar-refractivity contribution in [2.45, 2.75) is 13.0 Å². The van der Waals surface area contributed by atoms with E-state index in [4.69, 9.17) is 4.42 Å². The molecule has 1 aromatic carbocycles. The molecule has 1 heterocycles. The minimum atomic E-state index is -0.177. The van der Waals surface area contributed by atoms with Gasteiger partial charge in [-0.3, -0.25) is 0 Å². The molecule has 1 aromatic heterocycles.